The van der Waals surface area contributed by atoms with Crippen molar-refractivity contribution in [2.24, 2.45) is 5.92 Å². The van der Waals surface area contributed by atoms with Crippen LogP contribution >= 0.6 is 0 Å². The lowest BCUT2D eigenvalue weighted by Gasteiger charge is -2.25. The minimum atomic E-state index is -0.0808. The SMILES string of the molecule is CC(C)CCNC(=O)c1cncc(N(Cc2ccccc2)c2ccccc2)c1. The van der Waals surface area contributed by atoms with Gasteiger partial charge in [-0.05, 0) is 36.1 Å². The van der Waals surface area contributed by atoms with Crippen LogP contribution in [0.2, 0.25) is 0 Å². The van der Waals surface area contributed by atoms with Crippen molar-refractivity contribution in [2.75, 3.05) is 11.4 Å². The van der Waals surface area contributed by atoms with Crippen molar-refractivity contribution in [1.29, 1.82) is 0 Å². The summed E-state index contributed by atoms with van der Waals surface area (Å²) in [6.45, 7) is 5.67. The second kappa shape index (κ2) is 9.70. The maximum atomic E-state index is 12.5. The highest BCUT2D eigenvalue weighted by molar-refractivity contribution is 5.94. The molecular formula is C24H27N3O. The standard InChI is InChI=1S/C24H27N3O/c1-19(2)13-14-26-24(28)21-15-23(17-25-16-21)27(22-11-7-4-8-12-22)18-20-9-5-3-6-10-20/h3-12,15-17,19H,13-14,18H2,1-2H3,(H,26,28). The van der Waals surface area contributed by atoms with Crippen molar-refractivity contribution in [3.63, 3.8) is 0 Å². The molecular weight excluding hydrogens is 346 g/mol. The summed E-state index contributed by atoms with van der Waals surface area (Å²) >= 11 is 0. The molecule has 0 aliphatic carbocycles. The molecule has 0 aliphatic rings. The maximum absolute atomic E-state index is 12.5. The number of para-hydroxylation sites is 1. The number of nitrogens with zero attached hydrogens (tertiary/aromatic N) is 2. The molecule has 144 valence electrons. The molecule has 1 heterocycles. The molecule has 4 nitrogen and oxygen atoms in total. The smallest absolute Gasteiger partial charge is 0.252 e. The fourth-order valence-electron chi connectivity index (χ4n) is 2.98. The Morgan fingerprint density at radius 2 is 1.64 bits per heavy atom. The zero-order chi connectivity index (χ0) is 19.8. The molecule has 3 rings (SSSR count). The van der Waals surface area contributed by atoms with E-state index in [0.29, 0.717) is 24.6 Å². The molecule has 0 fully saturated rings. The van der Waals surface area contributed by atoms with Crippen LogP contribution in [0.15, 0.2) is 79.1 Å². The van der Waals surface area contributed by atoms with Crippen LogP contribution in [0.25, 0.3) is 0 Å². The first-order chi connectivity index (χ1) is 13.6. The second-order valence-corrected chi connectivity index (χ2v) is 7.28. The summed E-state index contributed by atoms with van der Waals surface area (Å²) in [5, 5.41) is 2.99. The van der Waals surface area contributed by atoms with Crippen LogP contribution in [0, 0.1) is 5.92 Å². The number of rotatable bonds is 8. The molecule has 0 unspecified atom stereocenters. The molecule has 0 spiro atoms. The van der Waals surface area contributed by atoms with Crippen molar-refractivity contribution >= 4 is 17.3 Å². The van der Waals surface area contributed by atoms with E-state index in [9.17, 15) is 4.79 Å². The molecule has 0 aliphatic heterocycles. The molecule has 1 N–H and O–H groups in total. The third kappa shape index (κ3) is 5.43. The normalized spacial score (nSPS) is 10.7. The van der Waals surface area contributed by atoms with Gasteiger partial charge >= 0.3 is 0 Å². The molecule has 0 atom stereocenters. The number of aromatic nitrogens is 1. The molecule has 4 heteroatoms. The third-order valence-electron chi connectivity index (χ3n) is 4.56. The van der Waals surface area contributed by atoms with E-state index in [0.717, 1.165) is 17.8 Å². The van der Waals surface area contributed by atoms with Crippen LogP contribution < -0.4 is 10.2 Å². The van der Waals surface area contributed by atoms with E-state index < -0.39 is 0 Å². The first-order valence-electron chi connectivity index (χ1n) is 9.73. The first-order valence-corrected chi connectivity index (χ1v) is 9.73. The Bertz CT molecular complexity index is 879. The molecule has 1 aromatic heterocycles. The highest BCUT2D eigenvalue weighted by atomic mass is 16.1. The van der Waals surface area contributed by atoms with E-state index in [1.165, 1.54) is 5.56 Å². The van der Waals surface area contributed by atoms with Crippen molar-refractivity contribution in [3.05, 3.63) is 90.3 Å². The van der Waals surface area contributed by atoms with E-state index >= 15 is 0 Å². The van der Waals surface area contributed by atoms with Crippen molar-refractivity contribution in [2.45, 2.75) is 26.8 Å². The Balaban J connectivity index is 1.85. The number of benzene rings is 2. The van der Waals surface area contributed by atoms with Gasteiger partial charge in [0.05, 0.1) is 17.4 Å². The zero-order valence-corrected chi connectivity index (χ0v) is 16.5. The van der Waals surface area contributed by atoms with Crippen LogP contribution in [0.4, 0.5) is 11.4 Å². The van der Waals surface area contributed by atoms with E-state index in [2.05, 4.69) is 53.3 Å². The molecule has 2 aromatic carbocycles. The first kappa shape index (κ1) is 19.6. The fourth-order valence-corrected chi connectivity index (χ4v) is 2.98. The second-order valence-electron chi connectivity index (χ2n) is 7.28. The predicted octanol–water partition coefficient (Wildman–Crippen LogP) is 5.20. The lowest BCUT2D eigenvalue weighted by atomic mass is 10.1. The zero-order valence-electron chi connectivity index (χ0n) is 16.5. The summed E-state index contributed by atoms with van der Waals surface area (Å²) in [5.41, 5.74) is 3.73. The van der Waals surface area contributed by atoms with Gasteiger partial charge in [0.1, 0.15) is 0 Å². The number of amides is 1. The van der Waals surface area contributed by atoms with Crippen molar-refractivity contribution in [3.8, 4) is 0 Å². The van der Waals surface area contributed by atoms with E-state index in [4.69, 9.17) is 0 Å². The lowest BCUT2D eigenvalue weighted by Crippen LogP contribution is -2.26. The molecule has 28 heavy (non-hydrogen) atoms. The number of carbonyl (C=O) groups is 1. The number of hydrogen-bond donors (Lipinski definition) is 1. The topological polar surface area (TPSA) is 45.2 Å². The number of pyridine rings is 1. The van der Waals surface area contributed by atoms with Crippen LogP contribution in [-0.2, 0) is 6.54 Å². The maximum Gasteiger partial charge on any atom is 0.252 e. The fraction of sp³-hybridized carbons (Fsp3) is 0.250. The summed E-state index contributed by atoms with van der Waals surface area (Å²) in [6, 6.07) is 22.4. The highest BCUT2D eigenvalue weighted by Crippen LogP contribution is 2.27. The summed E-state index contributed by atoms with van der Waals surface area (Å²) in [4.78, 5) is 19.0. The molecule has 0 bridgehead atoms. The van der Waals surface area contributed by atoms with E-state index in [-0.39, 0.29) is 5.91 Å². The largest absolute Gasteiger partial charge is 0.352 e. The average molecular weight is 374 g/mol. The predicted molar refractivity (Wildman–Crippen MR) is 115 cm³/mol. The van der Waals surface area contributed by atoms with Crippen LogP contribution in [0.1, 0.15) is 36.2 Å². The molecule has 0 saturated carbocycles. The monoisotopic (exact) mass is 373 g/mol. The van der Waals surface area contributed by atoms with Gasteiger partial charge in [-0.1, -0.05) is 62.4 Å². The number of nitrogens with one attached hydrogen (secondary N) is 1. The number of hydrogen-bond acceptors (Lipinski definition) is 3. The Kier molecular flexibility index (Phi) is 6.79. The molecule has 3 aromatic rings. The van der Waals surface area contributed by atoms with Crippen LogP contribution in [0.5, 0.6) is 0 Å². The summed E-state index contributed by atoms with van der Waals surface area (Å²) in [7, 11) is 0. The number of carbonyl (C=O) groups excluding carboxylic acids is 1. The van der Waals surface area contributed by atoms with Crippen LogP contribution in [0.3, 0.4) is 0 Å². The minimum absolute atomic E-state index is 0.0808. The lowest BCUT2D eigenvalue weighted by molar-refractivity contribution is 0.0951. The van der Waals surface area contributed by atoms with Gasteiger partial charge in [0.2, 0.25) is 0 Å². The Morgan fingerprint density at radius 3 is 2.32 bits per heavy atom. The van der Waals surface area contributed by atoms with Gasteiger partial charge in [0.25, 0.3) is 5.91 Å². The summed E-state index contributed by atoms with van der Waals surface area (Å²) in [6.07, 6.45) is 4.39. The van der Waals surface area contributed by atoms with Crippen LogP contribution in [-0.4, -0.2) is 17.4 Å². The molecule has 0 saturated heterocycles. The van der Waals surface area contributed by atoms with Gasteiger partial charge in [0, 0.05) is 25.0 Å². The average Bonchev–Trinajstić information content (AvgIpc) is 2.73. The Hall–Kier alpha value is -3.14. The third-order valence-corrected chi connectivity index (χ3v) is 4.56. The van der Waals surface area contributed by atoms with Gasteiger partial charge < -0.3 is 10.2 Å². The highest BCUT2D eigenvalue weighted by Gasteiger charge is 2.13. The summed E-state index contributed by atoms with van der Waals surface area (Å²) in [5.74, 6) is 0.479. The summed E-state index contributed by atoms with van der Waals surface area (Å²) < 4.78 is 0. The van der Waals surface area contributed by atoms with Crippen molar-refractivity contribution < 1.29 is 4.79 Å². The molecule has 1 amide bonds. The quantitative estimate of drug-likeness (QED) is 0.590. The van der Waals surface area contributed by atoms with E-state index in [1.807, 2.05) is 42.5 Å². The Labute approximate surface area is 167 Å². The van der Waals surface area contributed by atoms with Gasteiger partial charge in [-0.25, -0.2) is 0 Å². The minimum Gasteiger partial charge on any atom is -0.352 e. The Morgan fingerprint density at radius 1 is 0.964 bits per heavy atom. The van der Waals surface area contributed by atoms with Gasteiger partial charge in [-0.15, -0.1) is 0 Å². The van der Waals surface area contributed by atoms with Gasteiger partial charge in [0.15, 0.2) is 0 Å². The number of anilines is 2. The van der Waals surface area contributed by atoms with Crippen molar-refractivity contribution in [1.82, 2.24) is 10.3 Å². The van der Waals surface area contributed by atoms with Gasteiger partial charge in [-0.3, -0.25) is 9.78 Å². The van der Waals surface area contributed by atoms with E-state index in [1.54, 1.807) is 12.4 Å². The molecule has 0 radical (unpaired) electrons. The van der Waals surface area contributed by atoms with Gasteiger partial charge in [-0.2, -0.15) is 0 Å².